The first-order valence-corrected chi connectivity index (χ1v) is 7.17. The minimum absolute atomic E-state index is 0.111. The Kier molecular flexibility index (Phi) is 4.91. The predicted octanol–water partition coefficient (Wildman–Crippen LogP) is 3.25. The zero-order valence-electron chi connectivity index (χ0n) is 13.2. The molecule has 112 valence electrons. The van der Waals surface area contributed by atoms with Gasteiger partial charge in [-0.3, -0.25) is 9.97 Å². The first-order valence-electron chi connectivity index (χ1n) is 7.17. The van der Waals surface area contributed by atoms with E-state index in [-0.39, 0.29) is 5.54 Å². The number of pyridine rings is 2. The Bertz CT molecular complexity index is 556. The molecule has 0 saturated carbocycles. The molecule has 0 atom stereocenters. The van der Waals surface area contributed by atoms with E-state index in [1.807, 2.05) is 31.3 Å². The normalized spacial score (nSPS) is 11.4. The summed E-state index contributed by atoms with van der Waals surface area (Å²) in [7, 11) is 0. The average molecular weight is 285 g/mol. The van der Waals surface area contributed by atoms with Crippen molar-refractivity contribution >= 4 is 0 Å². The van der Waals surface area contributed by atoms with Crippen LogP contribution >= 0.6 is 0 Å². The minimum atomic E-state index is 0.111. The SMILES string of the molecule is Cc1ccc(OCc2ccc(CNC(C)(C)C)cn2)cn1. The van der Waals surface area contributed by atoms with E-state index < -0.39 is 0 Å². The number of hydrogen-bond donors (Lipinski definition) is 1. The summed E-state index contributed by atoms with van der Waals surface area (Å²) in [5.74, 6) is 0.765. The van der Waals surface area contributed by atoms with Crippen molar-refractivity contribution in [3.63, 3.8) is 0 Å². The Hall–Kier alpha value is -1.94. The van der Waals surface area contributed by atoms with Gasteiger partial charge in [0.1, 0.15) is 12.4 Å². The number of aromatic nitrogens is 2. The van der Waals surface area contributed by atoms with Gasteiger partial charge in [0.05, 0.1) is 11.9 Å². The van der Waals surface area contributed by atoms with Crippen molar-refractivity contribution in [2.45, 2.75) is 46.4 Å². The van der Waals surface area contributed by atoms with Gasteiger partial charge < -0.3 is 10.1 Å². The van der Waals surface area contributed by atoms with E-state index in [4.69, 9.17) is 4.74 Å². The molecule has 0 aliphatic carbocycles. The van der Waals surface area contributed by atoms with Gasteiger partial charge in [-0.05, 0) is 51.5 Å². The van der Waals surface area contributed by atoms with Crippen molar-refractivity contribution in [2.24, 2.45) is 0 Å². The molecule has 2 heterocycles. The van der Waals surface area contributed by atoms with Gasteiger partial charge in [0.15, 0.2) is 0 Å². The summed E-state index contributed by atoms with van der Waals surface area (Å²) < 4.78 is 5.66. The molecular formula is C17H23N3O. The fraction of sp³-hybridized carbons (Fsp3) is 0.412. The third-order valence-electron chi connectivity index (χ3n) is 2.98. The summed E-state index contributed by atoms with van der Waals surface area (Å²) in [4.78, 5) is 8.63. The first-order chi connectivity index (χ1) is 9.92. The van der Waals surface area contributed by atoms with Crippen LogP contribution in [0.1, 0.15) is 37.7 Å². The minimum Gasteiger partial charge on any atom is -0.486 e. The molecule has 0 spiro atoms. The second-order valence-corrected chi connectivity index (χ2v) is 6.19. The number of ether oxygens (including phenoxy) is 1. The van der Waals surface area contributed by atoms with Crippen LogP contribution in [-0.4, -0.2) is 15.5 Å². The van der Waals surface area contributed by atoms with Crippen LogP contribution in [0.5, 0.6) is 5.75 Å². The largest absolute Gasteiger partial charge is 0.486 e. The van der Waals surface area contributed by atoms with Crippen molar-refractivity contribution in [1.29, 1.82) is 0 Å². The fourth-order valence-corrected chi connectivity index (χ4v) is 1.71. The molecule has 2 aromatic rings. The van der Waals surface area contributed by atoms with Gasteiger partial charge in [-0.1, -0.05) is 6.07 Å². The maximum Gasteiger partial charge on any atom is 0.138 e. The highest BCUT2D eigenvalue weighted by Crippen LogP contribution is 2.11. The number of aryl methyl sites for hydroxylation is 1. The molecule has 4 nitrogen and oxygen atoms in total. The van der Waals surface area contributed by atoms with E-state index in [1.165, 1.54) is 5.56 Å². The standard InChI is InChI=1S/C17H23N3O/c1-13-5-8-16(11-18-13)21-12-15-7-6-14(9-19-15)10-20-17(2,3)4/h5-9,11,20H,10,12H2,1-4H3. The molecule has 0 fully saturated rings. The van der Waals surface area contributed by atoms with Crippen LogP contribution in [0.25, 0.3) is 0 Å². The van der Waals surface area contributed by atoms with E-state index in [0.29, 0.717) is 6.61 Å². The van der Waals surface area contributed by atoms with E-state index in [2.05, 4.69) is 42.1 Å². The Morgan fingerprint density at radius 2 is 1.86 bits per heavy atom. The molecule has 21 heavy (non-hydrogen) atoms. The van der Waals surface area contributed by atoms with Crippen LogP contribution in [0, 0.1) is 6.92 Å². The summed E-state index contributed by atoms with van der Waals surface area (Å²) in [6.07, 6.45) is 3.63. The molecule has 0 aliphatic heterocycles. The quantitative estimate of drug-likeness (QED) is 0.916. The smallest absolute Gasteiger partial charge is 0.138 e. The van der Waals surface area contributed by atoms with Gasteiger partial charge in [0.25, 0.3) is 0 Å². The lowest BCUT2D eigenvalue weighted by Crippen LogP contribution is -2.35. The Morgan fingerprint density at radius 1 is 1.05 bits per heavy atom. The molecule has 2 rings (SSSR count). The van der Waals surface area contributed by atoms with Crippen LogP contribution in [0.2, 0.25) is 0 Å². The highest BCUT2D eigenvalue weighted by atomic mass is 16.5. The van der Waals surface area contributed by atoms with Crippen LogP contribution in [0.4, 0.5) is 0 Å². The lowest BCUT2D eigenvalue weighted by Gasteiger charge is -2.20. The van der Waals surface area contributed by atoms with Crippen molar-refractivity contribution < 1.29 is 4.74 Å². The van der Waals surface area contributed by atoms with Gasteiger partial charge in [-0.2, -0.15) is 0 Å². The van der Waals surface area contributed by atoms with Gasteiger partial charge in [-0.15, -0.1) is 0 Å². The zero-order chi connectivity index (χ0) is 15.3. The van der Waals surface area contributed by atoms with Crippen LogP contribution in [0.15, 0.2) is 36.7 Å². The maximum absolute atomic E-state index is 5.66. The summed E-state index contributed by atoms with van der Waals surface area (Å²) >= 11 is 0. The lowest BCUT2D eigenvalue weighted by atomic mass is 10.1. The predicted molar refractivity (Wildman–Crippen MR) is 84.1 cm³/mol. The molecule has 2 aromatic heterocycles. The summed E-state index contributed by atoms with van der Waals surface area (Å²) in [6, 6.07) is 7.94. The summed E-state index contributed by atoms with van der Waals surface area (Å²) in [6.45, 7) is 9.68. The Morgan fingerprint density at radius 3 is 2.43 bits per heavy atom. The van der Waals surface area contributed by atoms with Crippen molar-refractivity contribution in [3.8, 4) is 5.75 Å². The van der Waals surface area contributed by atoms with E-state index in [0.717, 1.165) is 23.7 Å². The Balaban J connectivity index is 1.86. The third-order valence-corrected chi connectivity index (χ3v) is 2.98. The van der Waals surface area contributed by atoms with Gasteiger partial charge >= 0.3 is 0 Å². The number of rotatable bonds is 5. The van der Waals surface area contributed by atoms with E-state index >= 15 is 0 Å². The highest BCUT2D eigenvalue weighted by Gasteiger charge is 2.08. The third kappa shape index (κ3) is 5.52. The number of nitrogens with one attached hydrogen (secondary N) is 1. The number of hydrogen-bond acceptors (Lipinski definition) is 4. The fourth-order valence-electron chi connectivity index (χ4n) is 1.71. The van der Waals surface area contributed by atoms with Crippen LogP contribution in [0.3, 0.4) is 0 Å². The summed E-state index contributed by atoms with van der Waals surface area (Å²) in [5.41, 5.74) is 3.18. The topological polar surface area (TPSA) is 47.0 Å². The molecular weight excluding hydrogens is 262 g/mol. The molecule has 0 unspecified atom stereocenters. The molecule has 4 heteroatoms. The highest BCUT2D eigenvalue weighted by molar-refractivity contribution is 5.20. The van der Waals surface area contributed by atoms with Gasteiger partial charge in [-0.25, -0.2) is 0 Å². The van der Waals surface area contributed by atoms with Crippen molar-refractivity contribution in [3.05, 3.63) is 53.6 Å². The van der Waals surface area contributed by atoms with Crippen LogP contribution < -0.4 is 10.1 Å². The maximum atomic E-state index is 5.66. The summed E-state index contributed by atoms with van der Waals surface area (Å²) in [5, 5.41) is 3.44. The molecule has 0 saturated heterocycles. The van der Waals surface area contributed by atoms with Crippen molar-refractivity contribution in [2.75, 3.05) is 0 Å². The molecule has 1 N–H and O–H groups in total. The zero-order valence-corrected chi connectivity index (χ0v) is 13.2. The van der Waals surface area contributed by atoms with Gasteiger partial charge in [0, 0.05) is 24.0 Å². The van der Waals surface area contributed by atoms with Gasteiger partial charge in [0.2, 0.25) is 0 Å². The van der Waals surface area contributed by atoms with E-state index in [9.17, 15) is 0 Å². The molecule has 0 radical (unpaired) electrons. The molecule has 0 aromatic carbocycles. The second-order valence-electron chi connectivity index (χ2n) is 6.19. The van der Waals surface area contributed by atoms with Crippen molar-refractivity contribution in [1.82, 2.24) is 15.3 Å². The van der Waals surface area contributed by atoms with Crippen LogP contribution in [-0.2, 0) is 13.2 Å². The second kappa shape index (κ2) is 6.68. The van der Waals surface area contributed by atoms with E-state index in [1.54, 1.807) is 6.20 Å². The Labute approximate surface area is 126 Å². The molecule has 0 aliphatic rings. The monoisotopic (exact) mass is 285 g/mol. The lowest BCUT2D eigenvalue weighted by molar-refractivity contribution is 0.300. The average Bonchev–Trinajstić information content (AvgIpc) is 2.45. The molecule has 0 bridgehead atoms. The first kappa shape index (κ1) is 15.4. The number of nitrogens with zero attached hydrogens (tertiary/aromatic N) is 2. The molecule has 0 amide bonds.